The van der Waals surface area contributed by atoms with E-state index in [1.165, 1.54) is 38.6 Å². The Balaban J connectivity index is 1.29. The molecule has 1 aliphatic carbocycles. The van der Waals surface area contributed by atoms with Crippen molar-refractivity contribution in [1.29, 1.82) is 0 Å². The fourth-order valence-corrected chi connectivity index (χ4v) is 4.19. The number of hydrogen-bond donors (Lipinski definition) is 2. The minimum absolute atomic E-state index is 0.482. The number of likely N-dealkylation sites (tertiary alicyclic amines) is 1. The van der Waals surface area contributed by atoms with Crippen LogP contribution in [0.5, 0.6) is 0 Å². The summed E-state index contributed by atoms with van der Waals surface area (Å²) in [6.45, 7) is 3.05. The van der Waals surface area contributed by atoms with Crippen LogP contribution < -0.4 is 10.6 Å². The van der Waals surface area contributed by atoms with Gasteiger partial charge >= 0.3 is 0 Å². The van der Waals surface area contributed by atoms with Gasteiger partial charge in [-0.05, 0) is 37.0 Å². The first kappa shape index (κ1) is 18.0. The third-order valence-corrected chi connectivity index (χ3v) is 5.66. The molecular formula is C20H29N7. The monoisotopic (exact) mass is 367 g/mol. The van der Waals surface area contributed by atoms with Gasteiger partial charge in [0.25, 0.3) is 0 Å². The molecule has 2 N–H and O–H groups in total. The number of hydrogen-bond acceptors (Lipinski definition) is 4. The highest BCUT2D eigenvalue weighted by Crippen LogP contribution is 2.26. The summed E-state index contributed by atoms with van der Waals surface area (Å²) >= 11 is 0. The van der Waals surface area contributed by atoms with E-state index in [1.54, 1.807) is 12.5 Å². The Morgan fingerprint density at radius 2 is 2.15 bits per heavy atom. The molecule has 2 aromatic heterocycles. The lowest BCUT2D eigenvalue weighted by Gasteiger charge is -2.24. The van der Waals surface area contributed by atoms with Gasteiger partial charge < -0.3 is 10.6 Å². The normalized spacial score (nSPS) is 21.7. The van der Waals surface area contributed by atoms with Gasteiger partial charge in [-0.1, -0.05) is 12.8 Å². The number of aliphatic imine (C=N–C) groups is 1. The number of pyridine rings is 1. The topological polar surface area (TPSA) is 70.4 Å². The molecule has 2 aromatic rings. The van der Waals surface area contributed by atoms with Crippen LogP contribution >= 0.6 is 0 Å². The third-order valence-electron chi connectivity index (χ3n) is 5.66. The Labute approximate surface area is 160 Å². The molecule has 3 heterocycles. The van der Waals surface area contributed by atoms with Crippen LogP contribution in [-0.4, -0.2) is 57.6 Å². The van der Waals surface area contributed by atoms with Crippen molar-refractivity contribution in [1.82, 2.24) is 30.1 Å². The zero-order valence-corrected chi connectivity index (χ0v) is 16.0. The number of aromatic nitrogens is 3. The van der Waals surface area contributed by atoms with Gasteiger partial charge in [0.15, 0.2) is 5.96 Å². The summed E-state index contributed by atoms with van der Waals surface area (Å²) in [5.41, 5.74) is 1.16. The molecule has 0 spiro atoms. The average Bonchev–Trinajstić information content (AvgIpc) is 3.47. The van der Waals surface area contributed by atoms with E-state index < -0.39 is 0 Å². The maximum atomic E-state index is 4.41. The molecule has 0 bridgehead atoms. The quantitative estimate of drug-likeness (QED) is 0.624. The maximum Gasteiger partial charge on any atom is 0.191 e. The lowest BCUT2D eigenvalue weighted by Crippen LogP contribution is -2.45. The van der Waals surface area contributed by atoms with Crippen LogP contribution in [0, 0.1) is 0 Å². The van der Waals surface area contributed by atoms with Crippen LogP contribution in [0.15, 0.2) is 42.0 Å². The van der Waals surface area contributed by atoms with Crippen molar-refractivity contribution in [2.45, 2.75) is 50.7 Å². The van der Waals surface area contributed by atoms with Gasteiger partial charge in [-0.25, -0.2) is 9.97 Å². The van der Waals surface area contributed by atoms with Crippen molar-refractivity contribution in [2.24, 2.45) is 4.99 Å². The minimum Gasteiger partial charge on any atom is -0.352 e. The molecule has 1 aliphatic heterocycles. The van der Waals surface area contributed by atoms with Crippen LogP contribution in [0.2, 0.25) is 0 Å². The standard InChI is InChI=1S/C20H29N7/c1-21-20(25-17-7-10-26(14-17)18-4-2-3-5-18)24-13-16-6-8-23-19(12-16)27-11-9-22-15-27/h6,8-9,11-12,15,17-18H,2-5,7,10,13-14H2,1H3,(H2,21,24,25). The summed E-state index contributed by atoms with van der Waals surface area (Å²) in [7, 11) is 1.84. The Morgan fingerprint density at radius 1 is 1.26 bits per heavy atom. The molecular weight excluding hydrogens is 338 g/mol. The van der Waals surface area contributed by atoms with Gasteiger partial charge in [0, 0.05) is 57.4 Å². The SMILES string of the molecule is CN=C(NCc1ccnc(-n2ccnc2)c1)NC1CCN(C2CCCC2)C1. The number of guanidine groups is 1. The molecule has 1 unspecified atom stereocenters. The van der Waals surface area contributed by atoms with Crippen LogP contribution in [-0.2, 0) is 6.54 Å². The van der Waals surface area contributed by atoms with Gasteiger partial charge in [0.1, 0.15) is 12.1 Å². The van der Waals surface area contributed by atoms with E-state index in [1.807, 2.05) is 30.1 Å². The van der Waals surface area contributed by atoms with Crippen molar-refractivity contribution in [3.05, 3.63) is 42.6 Å². The molecule has 1 saturated heterocycles. The van der Waals surface area contributed by atoms with Crippen molar-refractivity contribution >= 4 is 5.96 Å². The Bertz CT molecular complexity index is 749. The molecule has 2 fully saturated rings. The summed E-state index contributed by atoms with van der Waals surface area (Å²) in [4.78, 5) is 15.6. The largest absolute Gasteiger partial charge is 0.352 e. The summed E-state index contributed by atoms with van der Waals surface area (Å²) < 4.78 is 1.91. The maximum absolute atomic E-state index is 4.41. The lowest BCUT2D eigenvalue weighted by molar-refractivity contribution is 0.242. The molecule has 0 amide bonds. The van der Waals surface area contributed by atoms with E-state index in [0.29, 0.717) is 12.6 Å². The summed E-state index contributed by atoms with van der Waals surface area (Å²) in [5.74, 6) is 1.74. The summed E-state index contributed by atoms with van der Waals surface area (Å²) in [5, 5.41) is 7.04. The predicted octanol–water partition coefficient (Wildman–Crippen LogP) is 1.95. The first-order chi connectivity index (χ1) is 13.3. The van der Waals surface area contributed by atoms with E-state index in [2.05, 4.69) is 36.6 Å². The Morgan fingerprint density at radius 3 is 2.93 bits per heavy atom. The zero-order chi connectivity index (χ0) is 18.5. The lowest BCUT2D eigenvalue weighted by atomic mass is 10.2. The van der Waals surface area contributed by atoms with Gasteiger partial charge in [-0.15, -0.1) is 0 Å². The molecule has 1 atom stereocenters. The van der Waals surface area contributed by atoms with E-state index in [4.69, 9.17) is 0 Å². The Hall–Kier alpha value is -2.41. The molecule has 0 radical (unpaired) electrons. The molecule has 7 nitrogen and oxygen atoms in total. The molecule has 27 heavy (non-hydrogen) atoms. The third kappa shape index (κ3) is 4.47. The molecule has 2 aliphatic rings. The fourth-order valence-electron chi connectivity index (χ4n) is 4.19. The van der Waals surface area contributed by atoms with Crippen molar-refractivity contribution in [3.63, 3.8) is 0 Å². The van der Waals surface area contributed by atoms with E-state index in [0.717, 1.165) is 29.9 Å². The minimum atomic E-state index is 0.482. The molecule has 144 valence electrons. The highest BCUT2D eigenvalue weighted by atomic mass is 15.3. The highest BCUT2D eigenvalue weighted by molar-refractivity contribution is 5.80. The number of nitrogens with one attached hydrogen (secondary N) is 2. The van der Waals surface area contributed by atoms with Gasteiger partial charge in [-0.2, -0.15) is 0 Å². The second-order valence-electron chi connectivity index (χ2n) is 7.48. The van der Waals surface area contributed by atoms with E-state index in [-0.39, 0.29) is 0 Å². The van der Waals surface area contributed by atoms with Crippen molar-refractivity contribution < 1.29 is 0 Å². The molecule has 4 rings (SSSR count). The predicted molar refractivity (Wildman–Crippen MR) is 107 cm³/mol. The zero-order valence-electron chi connectivity index (χ0n) is 16.0. The molecule has 1 saturated carbocycles. The molecule has 7 heteroatoms. The van der Waals surface area contributed by atoms with Crippen LogP contribution in [0.1, 0.15) is 37.7 Å². The highest BCUT2D eigenvalue weighted by Gasteiger charge is 2.30. The fraction of sp³-hybridized carbons (Fsp3) is 0.550. The van der Waals surface area contributed by atoms with E-state index in [9.17, 15) is 0 Å². The second-order valence-corrected chi connectivity index (χ2v) is 7.48. The second kappa shape index (κ2) is 8.52. The first-order valence-corrected chi connectivity index (χ1v) is 9.96. The summed E-state index contributed by atoms with van der Waals surface area (Å²) in [6.07, 6.45) is 14.0. The number of imidazole rings is 1. The van der Waals surface area contributed by atoms with Crippen molar-refractivity contribution in [3.8, 4) is 5.82 Å². The average molecular weight is 368 g/mol. The summed E-state index contributed by atoms with van der Waals surface area (Å²) in [6, 6.07) is 5.39. The van der Waals surface area contributed by atoms with E-state index >= 15 is 0 Å². The van der Waals surface area contributed by atoms with Crippen molar-refractivity contribution in [2.75, 3.05) is 20.1 Å². The smallest absolute Gasteiger partial charge is 0.191 e. The number of rotatable bonds is 5. The molecule has 0 aromatic carbocycles. The number of nitrogens with zero attached hydrogens (tertiary/aromatic N) is 5. The first-order valence-electron chi connectivity index (χ1n) is 9.96. The van der Waals surface area contributed by atoms with Crippen LogP contribution in [0.4, 0.5) is 0 Å². The van der Waals surface area contributed by atoms with Crippen LogP contribution in [0.3, 0.4) is 0 Å². The van der Waals surface area contributed by atoms with Crippen LogP contribution in [0.25, 0.3) is 5.82 Å². The van der Waals surface area contributed by atoms with Gasteiger partial charge in [0.05, 0.1) is 0 Å². The van der Waals surface area contributed by atoms with Gasteiger partial charge in [0.2, 0.25) is 0 Å². The van der Waals surface area contributed by atoms with Gasteiger partial charge in [-0.3, -0.25) is 14.5 Å². The Kier molecular flexibility index (Phi) is 5.67.